The van der Waals surface area contributed by atoms with E-state index in [1.54, 1.807) is 6.92 Å². The Hall–Kier alpha value is -0.330. The summed E-state index contributed by atoms with van der Waals surface area (Å²) in [5.41, 5.74) is 0. The predicted octanol–water partition coefficient (Wildman–Crippen LogP) is 5.52. The Morgan fingerprint density at radius 3 is 1.83 bits per heavy atom. The summed E-state index contributed by atoms with van der Waals surface area (Å²) in [6.07, 6.45) is 16.6. The predicted molar refractivity (Wildman–Crippen MR) is 78.7 cm³/mol. The van der Waals surface area contributed by atoms with E-state index in [4.69, 9.17) is 0 Å². The molecule has 0 N–H and O–H groups in total. The third kappa shape index (κ3) is 7.18. The lowest BCUT2D eigenvalue weighted by Crippen LogP contribution is -1.95. The smallest absolute Gasteiger partial charge is 0.133 e. The Balaban J connectivity index is 1.73. The van der Waals surface area contributed by atoms with Crippen LogP contribution in [0.1, 0.15) is 90.9 Å². The van der Waals surface area contributed by atoms with Gasteiger partial charge in [-0.25, -0.2) is 0 Å². The maximum atomic E-state index is 11.1. The van der Waals surface area contributed by atoms with Crippen molar-refractivity contribution in [1.82, 2.24) is 0 Å². The van der Waals surface area contributed by atoms with Gasteiger partial charge in [-0.3, -0.25) is 4.79 Å². The molecule has 1 aliphatic carbocycles. The summed E-state index contributed by atoms with van der Waals surface area (Å²) in [7, 11) is 0. The van der Waals surface area contributed by atoms with Crippen LogP contribution in [-0.2, 0) is 4.79 Å². The molecule has 1 aliphatic rings. The highest BCUT2D eigenvalue weighted by Crippen LogP contribution is 2.42. The first-order valence-electron chi connectivity index (χ1n) is 8.26. The summed E-state index contributed by atoms with van der Waals surface area (Å²) >= 11 is 0. The molecule has 0 spiro atoms. The maximum absolute atomic E-state index is 11.1. The van der Waals surface area contributed by atoms with Gasteiger partial charge >= 0.3 is 0 Å². The minimum Gasteiger partial charge on any atom is -0.300 e. The third-order valence-electron chi connectivity index (χ3n) is 4.37. The Kier molecular flexibility index (Phi) is 8.37. The molecule has 0 bridgehead atoms. The minimum absolute atomic E-state index is 0.423. The van der Waals surface area contributed by atoms with Crippen molar-refractivity contribution in [3.05, 3.63) is 0 Å². The molecule has 0 radical (unpaired) electrons. The highest BCUT2D eigenvalue weighted by molar-refractivity contribution is 5.81. The summed E-state index contributed by atoms with van der Waals surface area (Å²) in [6, 6.07) is 0. The molecule has 18 heavy (non-hydrogen) atoms. The molecule has 1 heteroatoms. The van der Waals surface area contributed by atoms with Crippen LogP contribution in [0.3, 0.4) is 0 Å². The molecule has 2 atom stereocenters. The van der Waals surface area contributed by atoms with Crippen LogP contribution in [0.2, 0.25) is 0 Å². The largest absolute Gasteiger partial charge is 0.300 e. The van der Waals surface area contributed by atoms with Crippen LogP contribution in [-0.4, -0.2) is 5.78 Å². The molecule has 0 aliphatic heterocycles. The van der Waals surface area contributed by atoms with Gasteiger partial charge < -0.3 is 0 Å². The Bertz CT molecular complexity index is 222. The molecule has 0 aromatic heterocycles. The van der Waals surface area contributed by atoms with Crippen LogP contribution in [0.5, 0.6) is 0 Å². The molecular weight excluding hydrogens is 220 g/mol. The molecule has 0 aromatic rings. The molecule has 0 aromatic carbocycles. The molecule has 0 heterocycles. The lowest BCUT2D eigenvalue weighted by atomic mass is 10.0. The van der Waals surface area contributed by atoms with Crippen molar-refractivity contribution in [3.8, 4) is 0 Å². The summed E-state index contributed by atoms with van der Waals surface area (Å²) in [4.78, 5) is 11.1. The second kappa shape index (κ2) is 9.58. The summed E-state index contributed by atoms with van der Waals surface area (Å²) in [6.45, 7) is 4.03. The number of hydrogen-bond donors (Lipinski definition) is 0. The van der Waals surface area contributed by atoms with Crippen LogP contribution in [0, 0.1) is 11.8 Å². The number of carbonyl (C=O) groups is 1. The lowest BCUT2D eigenvalue weighted by molar-refractivity contribution is -0.118. The average Bonchev–Trinajstić information content (AvgIpc) is 3.11. The van der Waals surface area contributed by atoms with Gasteiger partial charge in [-0.15, -0.1) is 0 Å². The molecule has 1 nitrogen and oxygen atoms in total. The van der Waals surface area contributed by atoms with E-state index in [2.05, 4.69) is 6.92 Å². The minimum atomic E-state index is 0.423. The van der Waals surface area contributed by atoms with Gasteiger partial charge in [-0.1, -0.05) is 71.1 Å². The zero-order valence-corrected chi connectivity index (χ0v) is 12.5. The summed E-state index contributed by atoms with van der Waals surface area (Å²) in [5.74, 6) is 1.63. The van der Waals surface area contributed by atoms with Crippen molar-refractivity contribution in [3.63, 3.8) is 0 Å². The molecule has 0 saturated heterocycles. The number of Topliss-reactive ketones (excluding diaryl/α,β-unsaturated/α-hetero) is 1. The van der Waals surface area contributed by atoms with Crippen molar-refractivity contribution in [1.29, 1.82) is 0 Å². The van der Waals surface area contributed by atoms with Crippen LogP contribution in [0.25, 0.3) is 0 Å². The zero-order valence-electron chi connectivity index (χ0n) is 12.5. The topological polar surface area (TPSA) is 17.1 Å². The number of unbranched alkanes of at least 4 members (excludes halogenated alkanes) is 9. The first-order chi connectivity index (χ1) is 8.75. The molecule has 2 unspecified atom stereocenters. The lowest BCUT2D eigenvalue weighted by Gasteiger charge is -2.02. The highest BCUT2D eigenvalue weighted by Gasteiger charge is 2.39. The van der Waals surface area contributed by atoms with Crippen LogP contribution in [0.15, 0.2) is 0 Å². The molecular formula is C17H32O. The first-order valence-corrected chi connectivity index (χ1v) is 8.26. The monoisotopic (exact) mass is 252 g/mol. The van der Waals surface area contributed by atoms with Crippen molar-refractivity contribution < 1.29 is 4.79 Å². The van der Waals surface area contributed by atoms with Gasteiger partial charge in [0.2, 0.25) is 0 Å². The quantitative estimate of drug-likeness (QED) is 0.418. The van der Waals surface area contributed by atoms with E-state index >= 15 is 0 Å². The molecule has 0 amide bonds. The zero-order chi connectivity index (χ0) is 13.2. The van der Waals surface area contributed by atoms with Gasteiger partial charge in [0.15, 0.2) is 0 Å². The molecule has 1 saturated carbocycles. The van der Waals surface area contributed by atoms with Gasteiger partial charge in [0.1, 0.15) is 5.78 Å². The van der Waals surface area contributed by atoms with E-state index in [0.717, 1.165) is 5.92 Å². The number of hydrogen-bond acceptors (Lipinski definition) is 1. The van der Waals surface area contributed by atoms with Crippen molar-refractivity contribution in [2.75, 3.05) is 0 Å². The van der Waals surface area contributed by atoms with Gasteiger partial charge in [0.05, 0.1) is 0 Å². The molecule has 1 rings (SSSR count). The van der Waals surface area contributed by atoms with Gasteiger partial charge in [-0.2, -0.15) is 0 Å². The SMILES string of the molecule is CCCCCCCCCCCCC1CC1C(C)=O. The normalized spacial score (nSPS) is 22.1. The van der Waals surface area contributed by atoms with Gasteiger partial charge in [0, 0.05) is 5.92 Å². The number of ketones is 1. The van der Waals surface area contributed by atoms with Crippen molar-refractivity contribution >= 4 is 5.78 Å². The summed E-state index contributed by atoms with van der Waals surface area (Å²) < 4.78 is 0. The first kappa shape index (κ1) is 15.7. The number of carbonyl (C=O) groups excluding carboxylic acids is 1. The maximum Gasteiger partial charge on any atom is 0.133 e. The van der Waals surface area contributed by atoms with E-state index in [1.165, 1.54) is 77.0 Å². The fourth-order valence-electron chi connectivity index (χ4n) is 2.96. The van der Waals surface area contributed by atoms with Gasteiger partial charge in [-0.05, 0) is 25.7 Å². The van der Waals surface area contributed by atoms with Crippen molar-refractivity contribution in [2.24, 2.45) is 11.8 Å². The van der Waals surface area contributed by atoms with E-state index in [9.17, 15) is 4.79 Å². The third-order valence-corrected chi connectivity index (χ3v) is 4.37. The van der Waals surface area contributed by atoms with Crippen LogP contribution >= 0.6 is 0 Å². The van der Waals surface area contributed by atoms with Crippen molar-refractivity contribution in [2.45, 2.75) is 90.9 Å². The second-order valence-corrected chi connectivity index (χ2v) is 6.18. The molecule has 1 fully saturated rings. The number of rotatable bonds is 12. The Morgan fingerprint density at radius 1 is 0.889 bits per heavy atom. The fourth-order valence-corrected chi connectivity index (χ4v) is 2.96. The standard InChI is InChI=1S/C17H32O/c1-3-4-5-6-7-8-9-10-11-12-13-16-14-17(16)15(2)18/h16-17H,3-14H2,1-2H3. The van der Waals surface area contributed by atoms with E-state index in [0.29, 0.717) is 11.7 Å². The van der Waals surface area contributed by atoms with Crippen LogP contribution in [0.4, 0.5) is 0 Å². The van der Waals surface area contributed by atoms with E-state index in [-0.39, 0.29) is 0 Å². The average molecular weight is 252 g/mol. The van der Waals surface area contributed by atoms with Gasteiger partial charge in [0.25, 0.3) is 0 Å². The van der Waals surface area contributed by atoms with E-state index < -0.39 is 0 Å². The fraction of sp³-hybridized carbons (Fsp3) is 0.941. The highest BCUT2D eigenvalue weighted by atomic mass is 16.1. The second-order valence-electron chi connectivity index (χ2n) is 6.18. The Morgan fingerprint density at radius 2 is 1.39 bits per heavy atom. The Labute approximate surface area is 114 Å². The summed E-state index contributed by atoms with van der Waals surface area (Å²) in [5, 5.41) is 0. The molecule has 106 valence electrons. The van der Waals surface area contributed by atoms with E-state index in [1.807, 2.05) is 0 Å². The van der Waals surface area contributed by atoms with Crippen LogP contribution < -0.4 is 0 Å².